The largest absolute Gasteiger partial charge is 0.396 e. The van der Waals surface area contributed by atoms with E-state index < -0.39 is 0 Å². The van der Waals surface area contributed by atoms with Crippen molar-refractivity contribution in [2.24, 2.45) is 16.7 Å². The monoisotopic (exact) mass is 200 g/mol. The Morgan fingerprint density at radius 1 is 1.21 bits per heavy atom. The zero-order chi connectivity index (χ0) is 10.8. The molecule has 0 radical (unpaired) electrons. The van der Waals surface area contributed by atoms with Crippen LogP contribution in [-0.4, -0.2) is 23.4 Å². The van der Waals surface area contributed by atoms with E-state index in [1.54, 1.807) is 0 Å². The van der Waals surface area contributed by atoms with Crippen LogP contribution in [0.2, 0.25) is 0 Å². The summed E-state index contributed by atoms with van der Waals surface area (Å²) in [5, 5.41) is 18.5. The lowest BCUT2D eigenvalue weighted by molar-refractivity contribution is 0.0194. The van der Waals surface area contributed by atoms with Crippen LogP contribution in [0.15, 0.2) is 0 Å². The zero-order valence-corrected chi connectivity index (χ0v) is 9.71. The summed E-state index contributed by atoms with van der Waals surface area (Å²) in [6.07, 6.45) is 4.48. The Morgan fingerprint density at radius 2 is 1.71 bits per heavy atom. The molecule has 1 rings (SSSR count). The Kier molecular flexibility index (Phi) is 3.59. The molecule has 0 saturated heterocycles. The quantitative estimate of drug-likeness (QED) is 0.733. The van der Waals surface area contributed by atoms with E-state index >= 15 is 0 Å². The molecule has 0 aromatic rings. The zero-order valence-electron chi connectivity index (χ0n) is 9.71. The minimum atomic E-state index is 0.0524. The minimum absolute atomic E-state index is 0.0524. The fraction of sp³-hybridized carbons (Fsp3) is 1.00. The lowest BCUT2D eigenvalue weighted by Gasteiger charge is -2.42. The SMILES string of the molecule is CC1(CO)CCC(C(C)(C)CO)CC1. The molecule has 0 unspecified atom stereocenters. The average Bonchev–Trinajstić information content (AvgIpc) is 2.19. The highest BCUT2D eigenvalue weighted by atomic mass is 16.3. The van der Waals surface area contributed by atoms with Crippen molar-refractivity contribution < 1.29 is 10.2 Å². The van der Waals surface area contributed by atoms with Crippen LogP contribution in [-0.2, 0) is 0 Å². The summed E-state index contributed by atoms with van der Waals surface area (Å²) >= 11 is 0. The third-order valence-corrected chi connectivity index (χ3v) is 4.09. The molecular formula is C12H24O2. The van der Waals surface area contributed by atoms with Gasteiger partial charge in [0.2, 0.25) is 0 Å². The van der Waals surface area contributed by atoms with Gasteiger partial charge in [0.25, 0.3) is 0 Å². The van der Waals surface area contributed by atoms with Crippen molar-refractivity contribution in [3.05, 3.63) is 0 Å². The van der Waals surface area contributed by atoms with E-state index in [-0.39, 0.29) is 17.4 Å². The molecule has 2 N–H and O–H groups in total. The topological polar surface area (TPSA) is 40.5 Å². The van der Waals surface area contributed by atoms with Crippen LogP contribution in [0.1, 0.15) is 46.5 Å². The Bertz CT molecular complexity index is 179. The Labute approximate surface area is 87.3 Å². The standard InChI is InChI=1S/C12H24O2/c1-11(2,8-13)10-4-6-12(3,9-14)7-5-10/h10,13-14H,4-9H2,1-3H3. The van der Waals surface area contributed by atoms with Gasteiger partial charge in [0.05, 0.1) is 0 Å². The maximum Gasteiger partial charge on any atom is 0.0484 e. The van der Waals surface area contributed by atoms with Gasteiger partial charge in [-0.2, -0.15) is 0 Å². The maximum atomic E-state index is 9.28. The molecule has 1 aliphatic carbocycles. The van der Waals surface area contributed by atoms with E-state index in [4.69, 9.17) is 0 Å². The molecule has 0 aromatic heterocycles. The van der Waals surface area contributed by atoms with Gasteiger partial charge in [0.1, 0.15) is 0 Å². The van der Waals surface area contributed by atoms with Gasteiger partial charge in [-0.3, -0.25) is 0 Å². The van der Waals surface area contributed by atoms with Gasteiger partial charge in [-0.25, -0.2) is 0 Å². The molecule has 1 fully saturated rings. The number of aliphatic hydroxyl groups is 2. The number of aliphatic hydroxyl groups excluding tert-OH is 2. The molecule has 0 aromatic carbocycles. The van der Waals surface area contributed by atoms with E-state index in [9.17, 15) is 10.2 Å². The molecule has 0 amide bonds. The second-order valence-electron chi connectivity index (χ2n) is 5.89. The molecule has 1 saturated carbocycles. The van der Waals surface area contributed by atoms with Crippen molar-refractivity contribution in [2.75, 3.05) is 13.2 Å². The van der Waals surface area contributed by atoms with Gasteiger partial charge in [-0.05, 0) is 42.4 Å². The van der Waals surface area contributed by atoms with Gasteiger partial charge in [0, 0.05) is 13.2 Å². The van der Waals surface area contributed by atoms with Crippen LogP contribution in [0.4, 0.5) is 0 Å². The van der Waals surface area contributed by atoms with Crippen LogP contribution in [0.3, 0.4) is 0 Å². The van der Waals surface area contributed by atoms with Gasteiger partial charge in [0.15, 0.2) is 0 Å². The van der Waals surface area contributed by atoms with Gasteiger partial charge in [-0.15, -0.1) is 0 Å². The number of hydrogen-bond acceptors (Lipinski definition) is 2. The molecule has 0 bridgehead atoms. The van der Waals surface area contributed by atoms with E-state index in [0.717, 1.165) is 25.7 Å². The van der Waals surface area contributed by atoms with Crippen molar-refractivity contribution in [3.63, 3.8) is 0 Å². The first-order valence-electron chi connectivity index (χ1n) is 5.65. The Hall–Kier alpha value is -0.0800. The minimum Gasteiger partial charge on any atom is -0.396 e. The summed E-state index contributed by atoms with van der Waals surface area (Å²) in [6, 6.07) is 0. The smallest absolute Gasteiger partial charge is 0.0484 e. The molecule has 84 valence electrons. The van der Waals surface area contributed by atoms with Crippen molar-refractivity contribution in [1.29, 1.82) is 0 Å². The van der Waals surface area contributed by atoms with Crippen molar-refractivity contribution in [1.82, 2.24) is 0 Å². The lowest BCUT2D eigenvalue weighted by atomic mass is 9.64. The summed E-state index contributed by atoms with van der Waals surface area (Å²) in [5.74, 6) is 0.618. The summed E-state index contributed by atoms with van der Waals surface area (Å²) in [7, 11) is 0. The van der Waals surface area contributed by atoms with Crippen LogP contribution in [0, 0.1) is 16.7 Å². The molecule has 0 atom stereocenters. The second kappa shape index (κ2) is 4.19. The molecule has 0 heterocycles. The highest BCUT2D eigenvalue weighted by Crippen LogP contribution is 2.44. The van der Waals surface area contributed by atoms with Crippen LogP contribution >= 0.6 is 0 Å². The molecule has 2 heteroatoms. The molecule has 14 heavy (non-hydrogen) atoms. The second-order valence-corrected chi connectivity index (χ2v) is 5.89. The van der Waals surface area contributed by atoms with Gasteiger partial charge >= 0.3 is 0 Å². The Balaban J connectivity index is 2.51. The summed E-state index contributed by atoms with van der Waals surface area (Å²) in [6.45, 7) is 7.01. The number of hydrogen-bond donors (Lipinski definition) is 2. The Morgan fingerprint density at radius 3 is 2.07 bits per heavy atom. The average molecular weight is 200 g/mol. The fourth-order valence-corrected chi connectivity index (χ4v) is 2.38. The van der Waals surface area contributed by atoms with Gasteiger partial charge in [-0.1, -0.05) is 20.8 Å². The normalized spacial score (nSPS) is 34.5. The van der Waals surface area contributed by atoms with E-state index in [0.29, 0.717) is 12.5 Å². The first kappa shape index (κ1) is 12.0. The number of rotatable bonds is 3. The van der Waals surface area contributed by atoms with Crippen LogP contribution in [0.5, 0.6) is 0 Å². The van der Waals surface area contributed by atoms with E-state index in [1.807, 2.05) is 0 Å². The van der Waals surface area contributed by atoms with Gasteiger partial charge < -0.3 is 10.2 Å². The lowest BCUT2D eigenvalue weighted by Crippen LogP contribution is -2.35. The molecule has 1 aliphatic rings. The van der Waals surface area contributed by atoms with Crippen molar-refractivity contribution >= 4 is 0 Å². The predicted octanol–water partition coefficient (Wildman–Crippen LogP) is 2.19. The van der Waals surface area contributed by atoms with Crippen LogP contribution < -0.4 is 0 Å². The summed E-state index contributed by atoms with van der Waals surface area (Å²) in [5.41, 5.74) is 0.193. The highest BCUT2D eigenvalue weighted by Gasteiger charge is 2.36. The van der Waals surface area contributed by atoms with E-state index in [1.165, 1.54) is 0 Å². The predicted molar refractivity (Wildman–Crippen MR) is 58.0 cm³/mol. The van der Waals surface area contributed by atoms with Crippen LogP contribution in [0.25, 0.3) is 0 Å². The van der Waals surface area contributed by atoms with E-state index in [2.05, 4.69) is 20.8 Å². The third kappa shape index (κ3) is 2.48. The fourth-order valence-electron chi connectivity index (χ4n) is 2.38. The third-order valence-electron chi connectivity index (χ3n) is 4.09. The summed E-state index contributed by atoms with van der Waals surface area (Å²) in [4.78, 5) is 0. The maximum absolute atomic E-state index is 9.28. The first-order chi connectivity index (χ1) is 6.43. The van der Waals surface area contributed by atoms with Crippen molar-refractivity contribution in [2.45, 2.75) is 46.5 Å². The highest BCUT2D eigenvalue weighted by molar-refractivity contribution is 4.87. The first-order valence-corrected chi connectivity index (χ1v) is 5.65. The summed E-state index contributed by atoms with van der Waals surface area (Å²) < 4.78 is 0. The molecule has 2 nitrogen and oxygen atoms in total. The molecule has 0 spiro atoms. The van der Waals surface area contributed by atoms with Crippen molar-refractivity contribution in [3.8, 4) is 0 Å². The molecular weight excluding hydrogens is 176 g/mol. The molecule has 0 aliphatic heterocycles.